The number of piperidine rings is 1. The van der Waals surface area contributed by atoms with Crippen molar-refractivity contribution in [1.29, 1.82) is 0 Å². The van der Waals surface area contributed by atoms with Gasteiger partial charge in [-0.05, 0) is 74.5 Å². The monoisotopic (exact) mass is 453 g/mol. The molecular formula is C25H31N3O3S. The zero-order valence-corrected chi connectivity index (χ0v) is 19.3. The fourth-order valence-corrected chi connectivity index (χ4v) is 6.88. The first-order chi connectivity index (χ1) is 15.6. The van der Waals surface area contributed by atoms with Crippen LogP contribution in [0.25, 0.3) is 0 Å². The lowest BCUT2D eigenvalue weighted by atomic mass is 10.0. The highest BCUT2D eigenvalue weighted by atomic mass is 32.2. The van der Waals surface area contributed by atoms with Crippen LogP contribution >= 0.6 is 0 Å². The van der Waals surface area contributed by atoms with E-state index < -0.39 is 10.0 Å². The van der Waals surface area contributed by atoms with Gasteiger partial charge in [0.05, 0.1) is 4.90 Å². The predicted molar refractivity (Wildman–Crippen MR) is 125 cm³/mol. The van der Waals surface area contributed by atoms with Crippen molar-refractivity contribution in [2.24, 2.45) is 0 Å². The maximum atomic E-state index is 13.8. The van der Waals surface area contributed by atoms with Crippen LogP contribution in [0.5, 0.6) is 0 Å². The number of carbonyl (C=O) groups excluding carboxylic acids is 1. The minimum absolute atomic E-state index is 0.0866. The van der Waals surface area contributed by atoms with E-state index in [1.54, 1.807) is 16.4 Å². The molecule has 3 aliphatic heterocycles. The average Bonchev–Trinajstić information content (AvgIpc) is 3.50. The van der Waals surface area contributed by atoms with Crippen molar-refractivity contribution in [2.75, 3.05) is 37.6 Å². The van der Waals surface area contributed by atoms with Crippen LogP contribution in [0, 0.1) is 0 Å². The maximum Gasteiger partial charge on any atom is 0.248 e. The number of hydrogen-bond acceptors (Lipinski definition) is 4. The van der Waals surface area contributed by atoms with Gasteiger partial charge in [-0.3, -0.25) is 9.69 Å². The molecule has 2 saturated heterocycles. The van der Waals surface area contributed by atoms with Crippen molar-refractivity contribution >= 4 is 21.6 Å². The Balaban J connectivity index is 1.42. The molecule has 2 aromatic rings. The highest BCUT2D eigenvalue weighted by Gasteiger charge is 2.36. The Kier molecular flexibility index (Phi) is 6.05. The van der Waals surface area contributed by atoms with E-state index in [4.69, 9.17) is 0 Å². The zero-order chi connectivity index (χ0) is 22.1. The van der Waals surface area contributed by atoms with Crippen LogP contribution in [0.3, 0.4) is 0 Å². The second kappa shape index (κ2) is 8.96. The Labute approximate surface area is 190 Å². The number of likely N-dealkylation sites (tertiary alicyclic amines) is 1. The molecule has 1 amide bonds. The maximum absolute atomic E-state index is 13.8. The minimum atomic E-state index is -3.47. The van der Waals surface area contributed by atoms with Crippen molar-refractivity contribution in [3.63, 3.8) is 0 Å². The van der Waals surface area contributed by atoms with Crippen molar-refractivity contribution in [3.05, 3.63) is 59.7 Å². The molecule has 0 aromatic heterocycles. The number of anilines is 1. The molecule has 5 rings (SSSR count). The number of rotatable bonds is 5. The highest BCUT2D eigenvalue weighted by molar-refractivity contribution is 7.89. The fourth-order valence-electron chi connectivity index (χ4n) is 5.31. The van der Waals surface area contributed by atoms with E-state index in [-0.39, 0.29) is 11.9 Å². The second-order valence-corrected chi connectivity index (χ2v) is 11.0. The Hall–Kier alpha value is -2.22. The van der Waals surface area contributed by atoms with Gasteiger partial charge < -0.3 is 4.90 Å². The van der Waals surface area contributed by atoms with E-state index in [0.717, 1.165) is 62.0 Å². The van der Waals surface area contributed by atoms with Crippen molar-refractivity contribution in [2.45, 2.75) is 49.5 Å². The number of sulfonamides is 1. The lowest BCUT2D eigenvalue weighted by Gasteiger charge is -2.31. The molecule has 32 heavy (non-hydrogen) atoms. The van der Waals surface area contributed by atoms with Gasteiger partial charge in [0.2, 0.25) is 15.9 Å². The normalized spacial score (nSPS) is 20.9. The zero-order valence-electron chi connectivity index (χ0n) is 18.4. The molecule has 0 N–H and O–H groups in total. The van der Waals surface area contributed by atoms with Crippen LogP contribution in [0.15, 0.2) is 53.4 Å². The quantitative estimate of drug-likeness (QED) is 0.694. The summed E-state index contributed by atoms with van der Waals surface area (Å²) in [5, 5.41) is 0. The molecule has 6 nitrogen and oxygen atoms in total. The lowest BCUT2D eigenvalue weighted by Crippen LogP contribution is -2.41. The van der Waals surface area contributed by atoms with Gasteiger partial charge in [-0.1, -0.05) is 36.8 Å². The first kappa shape index (κ1) is 21.6. The number of nitrogens with zero attached hydrogens (tertiary/aromatic N) is 3. The number of carbonyl (C=O) groups is 1. The Morgan fingerprint density at radius 1 is 0.812 bits per heavy atom. The Bertz CT molecular complexity index is 1070. The number of fused-ring (bicyclic) bond motifs is 1. The molecule has 2 fully saturated rings. The molecule has 1 unspecified atom stereocenters. The summed E-state index contributed by atoms with van der Waals surface area (Å²) in [5.74, 6) is 0.0866. The smallest absolute Gasteiger partial charge is 0.248 e. The van der Waals surface area contributed by atoms with Gasteiger partial charge in [0.15, 0.2) is 0 Å². The SMILES string of the molecule is O=C(C(c1ccccc1)N1CCCC1)N1CCc2cc(S(=O)(=O)N3CCCCC3)ccc21. The van der Waals surface area contributed by atoms with Crippen LogP contribution in [0.1, 0.15) is 49.3 Å². The summed E-state index contributed by atoms with van der Waals surface area (Å²) in [5.41, 5.74) is 2.83. The Morgan fingerprint density at radius 3 is 2.22 bits per heavy atom. The van der Waals surface area contributed by atoms with Crippen molar-refractivity contribution in [3.8, 4) is 0 Å². The highest BCUT2D eigenvalue weighted by Crippen LogP contribution is 2.35. The molecule has 0 radical (unpaired) electrons. The molecule has 2 aromatic carbocycles. The summed E-state index contributed by atoms with van der Waals surface area (Å²) in [6, 6.07) is 15.0. The van der Waals surface area contributed by atoms with Crippen LogP contribution in [0.2, 0.25) is 0 Å². The lowest BCUT2D eigenvalue weighted by molar-refractivity contribution is -0.123. The summed E-state index contributed by atoms with van der Waals surface area (Å²) in [4.78, 5) is 18.3. The van der Waals surface area contributed by atoms with Crippen LogP contribution in [0.4, 0.5) is 5.69 Å². The van der Waals surface area contributed by atoms with Crippen LogP contribution < -0.4 is 4.90 Å². The minimum Gasteiger partial charge on any atom is -0.310 e. The topological polar surface area (TPSA) is 60.9 Å². The van der Waals surface area contributed by atoms with Gasteiger partial charge in [-0.25, -0.2) is 8.42 Å². The molecule has 7 heteroatoms. The van der Waals surface area contributed by atoms with Gasteiger partial charge in [0.25, 0.3) is 0 Å². The molecule has 0 saturated carbocycles. The molecule has 0 spiro atoms. The van der Waals surface area contributed by atoms with E-state index in [0.29, 0.717) is 31.0 Å². The number of hydrogen-bond donors (Lipinski definition) is 0. The number of amides is 1. The van der Waals surface area contributed by atoms with Crippen LogP contribution in [-0.4, -0.2) is 56.3 Å². The molecule has 3 aliphatic rings. The summed E-state index contributed by atoms with van der Waals surface area (Å²) in [7, 11) is -3.47. The van der Waals surface area contributed by atoms with Gasteiger partial charge in [0.1, 0.15) is 6.04 Å². The Morgan fingerprint density at radius 2 is 1.50 bits per heavy atom. The van der Waals surface area contributed by atoms with Gasteiger partial charge in [0, 0.05) is 25.3 Å². The molecule has 0 aliphatic carbocycles. The van der Waals surface area contributed by atoms with E-state index >= 15 is 0 Å². The third-order valence-corrected chi connectivity index (χ3v) is 8.92. The van der Waals surface area contributed by atoms with Gasteiger partial charge in [-0.2, -0.15) is 4.31 Å². The summed E-state index contributed by atoms with van der Waals surface area (Å²) < 4.78 is 27.8. The van der Waals surface area contributed by atoms with Crippen LogP contribution in [-0.2, 0) is 21.2 Å². The van der Waals surface area contributed by atoms with E-state index in [9.17, 15) is 13.2 Å². The van der Waals surface area contributed by atoms with E-state index in [1.807, 2.05) is 41.3 Å². The first-order valence-electron chi connectivity index (χ1n) is 11.8. The van der Waals surface area contributed by atoms with E-state index in [1.165, 1.54) is 0 Å². The molecule has 3 heterocycles. The summed E-state index contributed by atoms with van der Waals surface area (Å²) >= 11 is 0. The molecule has 0 bridgehead atoms. The first-order valence-corrected chi connectivity index (χ1v) is 13.2. The molecule has 1 atom stereocenters. The second-order valence-electron chi connectivity index (χ2n) is 9.05. The van der Waals surface area contributed by atoms with Crippen molar-refractivity contribution in [1.82, 2.24) is 9.21 Å². The number of benzene rings is 2. The fraction of sp³-hybridized carbons (Fsp3) is 0.480. The molecular weight excluding hydrogens is 422 g/mol. The third kappa shape index (κ3) is 3.98. The summed E-state index contributed by atoms with van der Waals surface area (Å²) in [6.07, 6.45) is 5.85. The summed E-state index contributed by atoms with van der Waals surface area (Å²) in [6.45, 7) is 3.65. The van der Waals surface area contributed by atoms with Gasteiger partial charge in [-0.15, -0.1) is 0 Å². The average molecular weight is 454 g/mol. The van der Waals surface area contributed by atoms with Crippen molar-refractivity contribution < 1.29 is 13.2 Å². The molecule has 170 valence electrons. The standard InChI is InChI=1S/C25H31N3O3S/c29-25(24(26-14-7-8-15-26)20-9-3-1-4-10-20)28-18-13-21-19-22(11-12-23(21)28)32(30,31)27-16-5-2-6-17-27/h1,3-4,9-12,19,24H,2,5-8,13-18H2. The van der Waals surface area contributed by atoms with E-state index in [2.05, 4.69) is 4.90 Å². The van der Waals surface area contributed by atoms with Gasteiger partial charge >= 0.3 is 0 Å². The largest absolute Gasteiger partial charge is 0.310 e. The predicted octanol–water partition coefficient (Wildman–Crippen LogP) is 3.59. The third-order valence-electron chi connectivity index (χ3n) is 7.02.